The molecule has 0 saturated carbocycles. The SMILES string of the molecule is Cc1cccc(C(=O)N2CCN(C(=O)CC3CCN(S(=O)(=O)c4c(C)noc4C)CC3)CC2)c1. The number of aryl methyl sites for hydroxylation is 3. The molecule has 1 aromatic heterocycles. The van der Waals surface area contributed by atoms with E-state index in [2.05, 4.69) is 5.16 Å². The predicted octanol–water partition coefficient (Wildman–Crippen LogP) is 2.38. The topological polar surface area (TPSA) is 104 Å². The highest BCUT2D eigenvalue weighted by Gasteiger charge is 2.35. The monoisotopic (exact) mass is 488 g/mol. The minimum atomic E-state index is -3.65. The van der Waals surface area contributed by atoms with E-state index in [-0.39, 0.29) is 22.6 Å². The summed E-state index contributed by atoms with van der Waals surface area (Å²) in [7, 11) is -3.65. The molecule has 0 spiro atoms. The molecule has 2 saturated heterocycles. The van der Waals surface area contributed by atoms with Crippen molar-refractivity contribution in [3.05, 3.63) is 46.8 Å². The number of sulfonamides is 1. The molecule has 2 fully saturated rings. The lowest BCUT2D eigenvalue weighted by Crippen LogP contribution is -2.51. The normalized spacial score (nSPS) is 18.3. The Morgan fingerprint density at radius 1 is 1.00 bits per heavy atom. The van der Waals surface area contributed by atoms with Gasteiger partial charge < -0.3 is 14.3 Å². The summed E-state index contributed by atoms with van der Waals surface area (Å²) in [5.41, 5.74) is 2.10. The van der Waals surface area contributed by atoms with Crippen LogP contribution >= 0.6 is 0 Å². The second-order valence-electron chi connectivity index (χ2n) is 9.25. The molecule has 0 N–H and O–H groups in total. The third kappa shape index (κ3) is 5.02. The van der Waals surface area contributed by atoms with Gasteiger partial charge in [-0.2, -0.15) is 4.31 Å². The summed E-state index contributed by atoms with van der Waals surface area (Å²) >= 11 is 0. The maximum absolute atomic E-state index is 13.0. The maximum Gasteiger partial charge on any atom is 0.253 e. The van der Waals surface area contributed by atoms with Gasteiger partial charge in [-0.25, -0.2) is 8.42 Å². The van der Waals surface area contributed by atoms with E-state index < -0.39 is 10.0 Å². The third-order valence-electron chi connectivity index (χ3n) is 6.79. The number of amides is 2. The Hall–Kier alpha value is -2.72. The summed E-state index contributed by atoms with van der Waals surface area (Å²) < 4.78 is 32.5. The standard InChI is InChI=1S/C24H32N4O5S/c1-17-5-4-6-21(15-17)24(30)27-13-11-26(12-14-27)22(29)16-20-7-9-28(10-8-20)34(31,32)23-18(2)25-33-19(23)3/h4-6,15,20H,7-14,16H2,1-3H3. The van der Waals surface area contributed by atoms with Gasteiger partial charge in [0.15, 0.2) is 5.76 Å². The Balaban J connectivity index is 1.26. The number of benzene rings is 1. The van der Waals surface area contributed by atoms with Gasteiger partial charge in [-0.15, -0.1) is 0 Å². The molecular weight excluding hydrogens is 456 g/mol. The van der Waals surface area contributed by atoms with Gasteiger partial charge in [0.05, 0.1) is 0 Å². The number of rotatable bonds is 5. The third-order valence-corrected chi connectivity index (χ3v) is 8.93. The highest BCUT2D eigenvalue weighted by molar-refractivity contribution is 7.89. The molecule has 4 rings (SSSR count). The minimum absolute atomic E-state index is 0.00248. The minimum Gasteiger partial charge on any atom is -0.360 e. The van der Waals surface area contributed by atoms with Crippen LogP contribution in [-0.2, 0) is 14.8 Å². The van der Waals surface area contributed by atoms with E-state index in [1.807, 2.05) is 36.1 Å². The van der Waals surface area contributed by atoms with Crippen molar-refractivity contribution in [3.63, 3.8) is 0 Å². The van der Waals surface area contributed by atoms with Gasteiger partial charge in [0.2, 0.25) is 15.9 Å². The van der Waals surface area contributed by atoms with Crippen LogP contribution in [-0.4, -0.2) is 78.8 Å². The van der Waals surface area contributed by atoms with Crippen molar-refractivity contribution >= 4 is 21.8 Å². The lowest BCUT2D eigenvalue weighted by molar-refractivity contribution is -0.134. The molecule has 34 heavy (non-hydrogen) atoms. The number of carbonyl (C=O) groups excluding carboxylic acids is 2. The summed E-state index contributed by atoms with van der Waals surface area (Å²) in [5.74, 6) is 0.530. The average molecular weight is 489 g/mol. The molecule has 2 amide bonds. The lowest BCUT2D eigenvalue weighted by Gasteiger charge is -2.36. The van der Waals surface area contributed by atoms with Crippen LogP contribution in [0.5, 0.6) is 0 Å². The fourth-order valence-corrected chi connectivity index (χ4v) is 6.58. The molecule has 0 atom stereocenters. The first-order valence-electron chi connectivity index (χ1n) is 11.7. The summed E-state index contributed by atoms with van der Waals surface area (Å²) in [6, 6.07) is 7.56. The van der Waals surface area contributed by atoms with E-state index in [1.165, 1.54) is 4.31 Å². The Morgan fingerprint density at radius 2 is 1.65 bits per heavy atom. The van der Waals surface area contributed by atoms with Crippen LogP contribution in [0, 0.1) is 26.7 Å². The van der Waals surface area contributed by atoms with E-state index >= 15 is 0 Å². The molecule has 1 aromatic carbocycles. The average Bonchev–Trinajstić information content (AvgIpc) is 3.17. The van der Waals surface area contributed by atoms with Gasteiger partial charge in [0.25, 0.3) is 5.91 Å². The zero-order valence-electron chi connectivity index (χ0n) is 20.0. The van der Waals surface area contributed by atoms with Gasteiger partial charge in [0, 0.05) is 51.3 Å². The van der Waals surface area contributed by atoms with Crippen LogP contribution in [0.15, 0.2) is 33.7 Å². The largest absolute Gasteiger partial charge is 0.360 e. The highest BCUT2D eigenvalue weighted by atomic mass is 32.2. The number of piperidine rings is 1. The molecule has 3 heterocycles. The maximum atomic E-state index is 13.0. The molecule has 10 heteroatoms. The van der Waals surface area contributed by atoms with Crippen molar-refractivity contribution in [1.82, 2.24) is 19.3 Å². The molecular formula is C24H32N4O5S. The smallest absolute Gasteiger partial charge is 0.253 e. The Morgan fingerprint density at radius 3 is 2.24 bits per heavy atom. The van der Waals surface area contributed by atoms with Gasteiger partial charge in [0.1, 0.15) is 10.6 Å². The fourth-order valence-electron chi connectivity index (χ4n) is 4.82. The summed E-state index contributed by atoms with van der Waals surface area (Å²) in [6.07, 6.45) is 1.69. The Labute approximate surface area is 200 Å². The molecule has 2 aliphatic heterocycles. The Bertz CT molecular complexity index is 1140. The van der Waals surface area contributed by atoms with Gasteiger partial charge in [-0.05, 0) is 51.7 Å². The number of aromatic nitrogens is 1. The highest BCUT2D eigenvalue weighted by Crippen LogP contribution is 2.29. The summed E-state index contributed by atoms with van der Waals surface area (Å²) in [4.78, 5) is 29.4. The number of nitrogens with zero attached hydrogens (tertiary/aromatic N) is 4. The molecule has 0 radical (unpaired) electrons. The number of hydrogen-bond acceptors (Lipinski definition) is 6. The second-order valence-corrected chi connectivity index (χ2v) is 11.1. The number of piperazine rings is 1. The van der Waals surface area contributed by atoms with Crippen LogP contribution in [0.4, 0.5) is 0 Å². The Kier molecular flexibility index (Phi) is 7.09. The van der Waals surface area contributed by atoms with Crippen LogP contribution in [0.2, 0.25) is 0 Å². The summed E-state index contributed by atoms with van der Waals surface area (Å²) in [6.45, 7) is 8.04. The number of carbonyl (C=O) groups is 2. The van der Waals surface area contributed by atoms with Crippen molar-refractivity contribution in [2.24, 2.45) is 5.92 Å². The fraction of sp³-hybridized carbons (Fsp3) is 0.542. The van der Waals surface area contributed by atoms with Crippen LogP contribution in [0.3, 0.4) is 0 Å². The summed E-state index contributed by atoms with van der Waals surface area (Å²) in [5, 5.41) is 3.76. The van der Waals surface area contributed by atoms with Crippen LogP contribution in [0.1, 0.15) is 46.6 Å². The molecule has 2 aromatic rings. The van der Waals surface area contributed by atoms with Crippen molar-refractivity contribution in [3.8, 4) is 0 Å². The first-order chi connectivity index (χ1) is 16.2. The van der Waals surface area contributed by atoms with E-state index in [9.17, 15) is 18.0 Å². The molecule has 0 aliphatic carbocycles. The first kappa shape index (κ1) is 24.4. The van der Waals surface area contributed by atoms with Crippen LogP contribution in [0.25, 0.3) is 0 Å². The van der Waals surface area contributed by atoms with E-state index in [0.717, 1.165) is 5.56 Å². The second kappa shape index (κ2) is 9.87. The number of hydrogen-bond donors (Lipinski definition) is 0. The van der Waals surface area contributed by atoms with Crippen molar-refractivity contribution in [2.45, 2.75) is 44.9 Å². The van der Waals surface area contributed by atoms with Gasteiger partial charge >= 0.3 is 0 Å². The van der Waals surface area contributed by atoms with Crippen molar-refractivity contribution < 1.29 is 22.5 Å². The van der Waals surface area contributed by atoms with Crippen molar-refractivity contribution in [2.75, 3.05) is 39.3 Å². The zero-order chi connectivity index (χ0) is 24.5. The van der Waals surface area contributed by atoms with E-state index in [1.54, 1.807) is 18.7 Å². The zero-order valence-corrected chi connectivity index (χ0v) is 20.8. The molecule has 0 unspecified atom stereocenters. The predicted molar refractivity (Wildman–Crippen MR) is 126 cm³/mol. The molecule has 9 nitrogen and oxygen atoms in total. The molecule has 0 bridgehead atoms. The van der Waals surface area contributed by atoms with Gasteiger partial charge in [-0.1, -0.05) is 22.9 Å². The van der Waals surface area contributed by atoms with Gasteiger partial charge in [-0.3, -0.25) is 9.59 Å². The molecule has 184 valence electrons. The van der Waals surface area contributed by atoms with E-state index in [4.69, 9.17) is 4.52 Å². The quantitative estimate of drug-likeness (QED) is 0.640. The van der Waals surface area contributed by atoms with Crippen molar-refractivity contribution in [1.29, 1.82) is 0 Å². The van der Waals surface area contributed by atoms with Crippen LogP contribution < -0.4 is 0 Å². The molecule has 2 aliphatic rings. The lowest BCUT2D eigenvalue weighted by atomic mass is 9.94. The first-order valence-corrected chi connectivity index (χ1v) is 13.2. The van der Waals surface area contributed by atoms with E-state index in [0.29, 0.717) is 75.5 Å².